The number of aliphatic hydroxyl groups is 1. The van der Waals surface area contributed by atoms with Gasteiger partial charge in [0.1, 0.15) is 24.6 Å². The number of aryl methyl sites for hydroxylation is 1. The van der Waals surface area contributed by atoms with Crippen molar-refractivity contribution in [2.75, 3.05) is 26.5 Å². The van der Waals surface area contributed by atoms with Crippen LogP contribution in [0.4, 0.5) is 0 Å². The molecule has 0 bridgehead atoms. The zero-order valence-corrected chi connectivity index (χ0v) is 20.9. The Hall–Kier alpha value is -3.26. The van der Waals surface area contributed by atoms with E-state index in [1.807, 2.05) is 73.7 Å². The Labute approximate surface area is 215 Å². The van der Waals surface area contributed by atoms with E-state index in [-0.39, 0.29) is 19.5 Å². The first kappa shape index (κ1) is 24.4. The van der Waals surface area contributed by atoms with Gasteiger partial charge in [-0.05, 0) is 48.4 Å². The van der Waals surface area contributed by atoms with Crippen LogP contribution in [0.1, 0.15) is 23.1 Å². The van der Waals surface area contributed by atoms with Crippen LogP contribution in [0.3, 0.4) is 0 Å². The van der Waals surface area contributed by atoms with E-state index >= 15 is 0 Å². The summed E-state index contributed by atoms with van der Waals surface area (Å²) in [5, 5.41) is 15.8. The molecule has 0 unspecified atom stereocenters. The van der Waals surface area contributed by atoms with Crippen molar-refractivity contribution in [2.24, 2.45) is 5.16 Å². The van der Waals surface area contributed by atoms with E-state index in [0.717, 1.165) is 39.7 Å². The molecule has 0 radical (unpaired) electrons. The average Bonchev–Trinajstić information content (AvgIpc) is 3.54. The Balaban J connectivity index is 1.23. The Morgan fingerprint density at radius 3 is 2.75 bits per heavy atom. The fourth-order valence-corrected chi connectivity index (χ4v) is 4.58. The Morgan fingerprint density at radius 1 is 1.08 bits per heavy atom. The molecule has 3 aromatic rings. The van der Waals surface area contributed by atoms with E-state index in [1.54, 1.807) is 0 Å². The van der Waals surface area contributed by atoms with Gasteiger partial charge in [0.2, 0.25) is 6.79 Å². The summed E-state index contributed by atoms with van der Waals surface area (Å²) in [7, 11) is 0. The second-order valence-corrected chi connectivity index (χ2v) is 9.46. The van der Waals surface area contributed by atoms with Crippen LogP contribution in [0.2, 0.25) is 5.02 Å². The normalized spacial score (nSPS) is 17.1. The van der Waals surface area contributed by atoms with Gasteiger partial charge >= 0.3 is 0 Å². The van der Waals surface area contributed by atoms with Gasteiger partial charge in [-0.1, -0.05) is 53.2 Å². The first-order chi connectivity index (χ1) is 17.5. The Bertz CT molecular complexity index is 1230. The van der Waals surface area contributed by atoms with Crippen LogP contribution in [0, 0.1) is 6.92 Å². The van der Waals surface area contributed by atoms with Gasteiger partial charge in [0.25, 0.3) is 0 Å². The highest BCUT2D eigenvalue weighted by Crippen LogP contribution is 2.34. The molecule has 0 saturated carbocycles. The molecule has 2 heterocycles. The van der Waals surface area contributed by atoms with Crippen molar-refractivity contribution in [3.63, 3.8) is 0 Å². The summed E-state index contributed by atoms with van der Waals surface area (Å²) in [6.45, 7) is 3.95. The lowest BCUT2D eigenvalue weighted by molar-refractivity contribution is 0.0212. The van der Waals surface area contributed by atoms with E-state index in [1.165, 1.54) is 0 Å². The van der Waals surface area contributed by atoms with Crippen LogP contribution in [0.25, 0.3) is 0 Å². The third kappa shape index (κ3) is 5.93. The third-order valence-electron chi connectivity index (χ3n) is 6.25. The van der Waals surface area contributed by atoms with Gasteiger partial charge in [-0.15, -0.1) is 0 Å². The lowest BCUT2D eigenvalue weighted by Gasteiger charge is -2.27. The van der Waals surface area contributed by atoms with Crippen molar-refractivity contribution in [1.82, 2.24) is 4.90 Å². The number of rotatable bonds is 10. The van der Waals surface area contributed by atoms with Crippen LogP contribution < -0.4 is 14.2 Å². The number of para-hydroxylation sites is 1. The molecule has 2 aliphatic rings. The molecule has 5 rings (SSSR count). The monoisotopic (exact) mass is 508 g/mol. The molecule has 0 saturated heterocycles. The van der Waals surface area contributed by atoms with Crippen molar-refractivity contribution < 1.29 is 24.2 Å². The van der Waals surface area contributed by atoms with Gasteiger partial charge in [-0.3, -0.25) is 4.90 Å². The molecular formula is C28H29ClN2O5. The minimum absolute atomic E-state index is 0.155. The van der Waals surface area contributed by atoms with Crippen molar-refractivity contribution in [3.05, 3.63) is 88.4 Å². The number of aliphatic hydroxyl groups excluding tert-OH is 1. The van der Waals surface area contributed by atoms with Gasteiger partial charge in [-0.25, -0.2) is 0 Å². The second-order valence-electron chi connectivity index (χ2n) is 9.05. The van der Waals surface area contributed by atoms with Crippen molar-refractivity contribution in [1.29, 1.82) is 0 Å². The molecule has 8 heteroatoms. The smallest absolute Gasteiger partial charge is 0.231 e. The summed E-state index contributed by atoms with van der Waals surface area (Å²) in [5.74, 6) is 2.23. The van der Waals surface area contributed by atoms with E-state index in [2.05, 4.69) is 10.1 Å². The number of nitrogens with zero attached hydrogens (tertiary/aromatic N) is 2. The lowest BCUT2D eigenvalue weighted by Crippen LogP contribution is -2.39. The highest BCUT2D eigenvalue weighted by atomic mass is 35.5. The predicted octanol–water partition coefficient (Wildman–Crippen LogP) is 4.81. The summed E-state index contributed by atoms with van der Waals surface area (Å²) in [6, 6.07) is 21.3. The standard InChI is InChI=1S/C28H29ClN2O5/c1-19-6-2-5-9-26(19)33-17-22(32)15-31(14-21-7-3-4-8-24(21)29)16-23-13-25(30-36-23)20-10-11-27-28(12-20)35-18-34-27/h2-12,22-23,32H,13-18H2,1H3/t22-,23-/m1/s1. The highest BCUT2D eigenvalue weighted by molar-refractivity contribution is 6.31. The Kier molecular flexibility index (Phi) is 7.60. The second kappa shape index (κ2) is 11.2. The summed E-state index contributed by atoms with van der Waals surface area (Å²) in [4.78, 5) is 7.93. The number of ether oxygens (including phenoxy) is 3. The molecule has 36 heavy (non-hydrogen) atoms. The first-order valence-corrected chi connectivity index (χ1v) is 12.4. The highest BCUT2D eigenvalue weighted by Gasteiger charge is 2.27. The molecule has 7 nitrogen and oxygen atoms in total. The number of benzene rings is 3. The third-order valence-corrected chi connectivity index (χ3v) is 6.61. The molecule has 1 N–H and O–H groups in total. The van der Waals surface area contributed by atoms with Crippen LogP contribution in [-0.4, -0.2) is 54.4 Å². The molecule has 0 aliphatic carbocycles. The van der Waals surface area contributed by atoms with Crippen LogP contribution in [0.5, 0.6) is 17.2 Å². The minimum Gasteiger partial charge on any atom is -0.491 e. The maximum absolute atomic E-state index is 10.8. The zero-order chi connectivity index (χ0) is 24.9. The molecule has 0 fully saturated rings. The van der Waals surface area contributed by atoms with Crippen molar-refractivity contribution in [2.45, 2.75) is 32.1 Å². The summed E-state index contributed by atoms with van der Waals surface area (Å²) in [6.07, 6.45) is -0.200. The lowest BCUT2D eigenvalue weighted by atomic mass is 10.0. The number of hydrogen-bond acceptors (Lipinski definition) is 7. The number of oxime groups is 1. The van der Waals surface area contributed by atoms with Gasteiger partial charge in [0.05, 0.1) is 5.71 Å². The molecule has 2 aliphatic heterocycles. The fraction of sp³-hybridized carbons (Fsp3) is 0.321. The maximum atomic E-state index is 10.8. The minimum atomic E-state index is -0.692. The summed E-state index contributed by atoms with van der Waals surface area (Å²) in [5.41, 5.74) is 3.83. The van der Waals surface area contributed by atoms with E-state index in [4.69, 9.17) is 30.6 Å². The number of hydrogen-bond donors (Lipinski definition) is 1. The van der Waals surface area contributed by atoms with Gasteiger partial charge in [0.15, 0.2) is 11.5 Å². The van der Waals surface area contributed by atoms with Gasteiger partial charge < -0.3 is 24.2 Å². The predicted molar refractivity (Wildman–Crippen MR) is 138 cm³/mol. The van der Waals surface area contributed by atoms with Crippen LogP contribution >= 0.6 is 11.6 Å². The van der Waals surface area contributed by atoms with Crippen LogP contribution in [0.15, 0.2) is 71.9 Å². The maximum Gasteiger partial charge on any atom is 0.231 e. The van der Waals surface area contributed by atoms with E-state index < -0.39 is 6.10 Å². The summed E-state index contributed by atoms with van der Waals surface area (Å²) >= 11 is 6.44. The molecule has 188 valence electrons. The average molecular weight is 509 g/mol. The van der Waals surface area contributed by atoms with Crippen molar-refractivity contribution in [3.8, 4) is 17.2 Å². The van der Waals surface area contributed by atoms with Gasteiger partial charge in [-0.2, -0.15) is 0 Å². The molecule has 2 atom stereocenters. The van der Waals surface area contributed by atoms with Crippen molar-refractivity contribution >= 4 is 17.3 Å². The summed E-state index contributed by atoms with van der Waals surface area (Å²) < 4.78 is 16.8. The molecule has 0 spiro atoms. The van der Waals surface area contributed by atoms with Crippen LogP contribution in [-0.2, 0) is 11.4 Å². The largest absolute Gasteiger partial charge is 0.491 e. The molecular weight excluding hydrogens is 480 g/mol. The number of halogens is 1. The van der Waals surface area contributed by atoms with Gasteiger partial charge in [0, 0.05) is 36.6 Å². The Morgan fingerprint density at radius 2 is 1.89 bits per heavy atom. The van der Waals surface area contributed by atoms with E-state index in [9.17, 15) is 5.11 Å². The molecule has 0 amide bonds. The zero-order valence-electron chi connectivity index (χ0n) is 20.1. The topological polar surface area (TPSA) is 72.8 Å². The fourth-order valence-electron chi connectivity index (χ4n) is 4.39. The quantitative estimate of drug-likeness (QED) is 0.423. The molecule has 0 aromatic heterocycles. The number of fused-ring (bicyclic) bond motifs is 1. The SMILES string of the molecule is Cc1ccccc1OC[C@H](O)CN(Cc1ccccc1Cl)C[C@H]1CC(c2ccc3c(c2)OCO3)=NO1. The van der Waals surface area contributed by atoms with E-state index in [0.29, 0.717) is 31.1 Å². The molecule has 3 aromatic carbocycles. The first-order valence-electron chi connectivity index (χ1n) is 12.0.